The van der Waals surface area contributed by atoms with Crippen LogP contribution in [0.2, 0.25) is 5.02 Å². The number of nitrogens with two attached hydrogens (primary N) is 1. The highest BCUT2D eigenvalue weighted by Gasteiger charge is 2.28. The van der Waals surface area contributed by atoms with Crippen LogP contribution in [0.1, 0.15) is 37.0 Å². The second-order valence-corrected chi connectivity index (χ2v) is 5.66. The predicted molar refractivity (Wildman–Crippen MR) is 74.8 cm³/mol. The van der Waals surface area contributed by atoms with Crippen molar-refractivity contribution < 1.29 is 4.79 Å². The van der Waals surface area contributed by atoms with Gasteiger partial charge in [-0.3, -0.25) is 4.79 Å². The first-order valence-electron chi connectivity index (χ1n) is 6.35. The first-order chi connectivity index (χ1) is 8.49. The summed E-state index contributed by atoms with van der Waals surface area (Å²) in [7, 11) is 0. The minimum atomic E-state index is -0.00551. The van der Waals surface area contributed by atoms with Crippen molar-refractivity contribution in [1.82, 2.24) is 4.90 Å². The van der Waals surface area contributed by atoms with Gasteiger partial charge in [0.05, 0.1) is 5.56 Å². The van der Waals surface area contributed by atoms with Gasteiger partial charge in [-0.2, -0.15) is 0 Å². The smallest absolute Gasteiger partial charge is 0.256 e. The Labute approximate surface area is 113 Å². The van der Waals surface area contributed by atoms with Gasteiger partial charge in [0.1, 0.15) is 0 Å². The van der Waals surface area contributed by atoms with E-state index in [4.69, 9.17) is 17.3 Å². The van der Waals surface area contributed by atoms with Gasteiger partial charge in [-0.05, 0) is 43.9 Å². The number of hydrogen-bond acceptors (Lipinski definition) is 2. The Morgan fingerprint density at radius 2 is 2.11 bits per heavy atom. The molecule has 0 aliphatic carbocycles. The van der Waals surface area contributed by atoms with E-state index >= 15 is 0 Å². The zero-order valence-electron chi connectivity index (χ0n) is 10.8. The van der Waals surface area contributed by atoms with E-state index in [0.29, 0.717) is 22.2 Å². The molecule has 1 fully saturated rings. The van der Waals surface area contributed by atoms with Crippen LogP contribution in [-0.2, 0) is 0 Å². The molecule has 4 heteroatoms. The average molecular weight is 267 g/mol. The lowest BCUT2D eigenvalue weighted by Gasteiger charge is -2.37. The van der Waals surface area contributed by atoms with E-state index in [2.05, 4.69) is 13.8 Å². The molecule has 1 aliphatic rings. The molecule has 98 valence electrons. The fraction of sp³-hybridized carbons (Fsp3) is 0.500. The topological polar surface area (TPSA) is 46.3 Å². The molecule has 1 aliphatic heterocycles. The SMILES string of the molecule is CC1CCC(C)N(C(=O)c2cc(Cl)ccc2N)C1. The van der Waals surface area contributed by atoms with Crippen LogP contribution < -0.4 is 5.73 Å². The number of benzene rings is 1. The second-order valence-electron chi connectivity index (χ2n) is 5.22. The predicted octanol–water partition coefficient (Wildman–Crippen LogP) is 3.18. The third-order valence-electron chi connectivity index (χ3n) is 3.62. The van der Waals surface area contributed by atoms with Gasteiger partial charge in [-0.1, -0.05) is 18.5 Å². The molecule has 0 spiro atoms. The molecule has 0 aromatic heterocycles. The van der Waals surface area contributed by atoms with Crippen molar-refractivity contribution in [3.05, 3.63) is 28.8 Å². The second kappa shape index (κ2) is 5.19. The normalized spacial score (nSPS) is 24.1. The Morgan fingerprint density at radius 3 is 2.83 bits per heavy atom. The van der Waals surface area contributed by atoms with Crippen LogP contribution in [0.5, 0.6) is 0 Å². The van der Waals surface area contributed by atoms with Crippen molar-refractivity contribution in [2.45, 2.75) is 32.7 Å². The number of rotatable bonds is 1. The van der Waals surface area contributed by atoms with Gasteiger partial charge < -0.3 is 10.6 Å². The third kappa shape index (κ3) is 2.61. The summed E-state index contributed by atoms with van der Waals surface area (Å²) in [5.74, 6) is 0.541. The van der Waals surface area contributed by atoms with E-state index in [1.165, 1.54) is 6.42 Å². The Morgan fingerprint density at radius 1 is 1.39 bits per heavy atom. The van der Waals surface area contributed by atoms with Gasteiger partial charge in [0, 0.05) is 23.3 Å². The zero-order chi connectivity index (χ0) is 13.3. The highest BCUT2D eigenvalue weighted by molar-refractivity contribution is 6.31. The van der Waals surface area contributed by atoms with Crippen LogP contribution in [0.4, 0.5) is 5.69 Å². The Bertz CT molecular complexity index is 461. The first-order valence-corrected chi connectivity index (χ1v) is 6.73. The molecule has 1 saturated heterocycles. The largest absolute Gasteiger partial charge is 0.398 e. The van der Waals surface area contributed by atoms with Crippen LogP contribution in [0.3, 0.4) is 0 Å². The number of halogens is 1. The molecule has 1 aromatic rings. The summed E-state index contributed by atoms with van der Waals surface area (Å²) in [4.78, 5) is 14.4. The molecule has 0 saturated carbocycles. The van der Waals surface area contributed by atoms with Crippen LogP contribution in [-0.4, -0.2) is 23.4 Å². The van der Waals surface area contributed by atoms with Crippen molar-refractivity contribution in [1.29, 1.82) is 0 Å². The molecular formula is C14H19ClN2O. The Hall–Kier alpha value is -1.22. The molecule has 1 heterocycles. The number of likely N-dealkylation sites (tertiary alicyclic amines) is 1. The molecule has 18 heavy (non-hydrogen) atoms. The van der Waals surface area contributed by atoms with Crippen molar-refractivity contribution in [3.8, 4) is 0 Å². The molecular weight excluding hydrogens is 248 g/mol. The highest BCUT2D eigenvalue weighted by atomic mass is 35.5. The van der Waals surface area contributed by atoms with E-state index in [0.717, 1.165) is 13.0 Å². The summed E-state index contributed by atoms with van der Waals surface area (Å²) < 4.78 is 0. The number of hydrogen-bond donors (Lipinski definition) is 1. The standard InChI is InChI=1S/C14H19ClN2O/c1-9-3-4-10(2)17(8-9)14(18)12-7-11(15)5-6-13(12)16/h5-7,9-10H,3-4,8,16H2,1-2H3. The number of nitrogens with zero attached hydrogens (tertiary/aromatic N) is 1. The molecule has 2 unspecified atom stereocenters. The molecule has 1 aromatic carbocycles. The first kappa shape index (κ1) is 13.2. The van der Waals surface area contributed by atoms with E-state index in [1.807, 2.05) is 4.90 Å². The van der Waals surface area contributed by atoms with Gasteiger partial charge in [-0.15, -0.1) is 0 Å². The van der Waals surface area contributed by atoms with Crippen molar-refractivity contribution in [2.75, 3.05) is 12.3 Å². The lowest BCUT2D eigenvalue weighted by molar-refractivity contribution is 0.0575. The van der Waals surface area contributed by atoms with E-state index < -0.39 is 0 Å². The van der Waals surface area contributed by atoms with Gasteiger partial charge in [0.15, 0.2) is 0 Å². The monoisotopic (exact) mass is 266 g/mol. The molecule has 0 bridgehead atoms. The van der Waals surface area contributed by atoms with E-state index in [9.17, 15) is 4.79 Å². The molecule has 2 atom stereocenters. The van der Waals surface area contributed by atoms with E-state index in [-0.39, 0.29) is 11.9 Å². The number of anilines is 1. The Kier molecular flexibility index (Phi) is 3.81. The number of nitrogen functional groups attached to an aromatic ring is 1. The van der Waals surface area contributed by atoms with Crippen molar-refractivity contribution in [3.63, 3.8) is 0 Å². The van der Waals surface area contributed by atoms with Gasteiger partial charge in [0.2, 0.25) is 0 Å². The maximum absolute atomic E-state index is 12.5. The minimum absolute atomic E-state index is 0.00551. The third-order valence-corrected chi connectivity index (χ3v) is 3.86. The fourth-order valence-corrected chi connectivity index (χ4v) is 2.61. The van der Waals surface area contributed by atoms with E-state index in [1.54, 1.807) is 18.2 Å². The molecule has 0 radical (unpaired) electrons. The lowest BCUT2D eigenvalue weighted by Crippen LogP contribution is -2.45. The Balaban J connectivity index is 2.27. The maximum atomic E-state index is 12.5. The van der Waals surface area contributed by atoms with Crippen LogP contribution in [0, 0.1) is 5.92 Å². The molecule has 2 N–H and O–H groups in total. The summed E-state index contributed by atoms with van der Waals surface area (Å²) in [6.45, 7) is 5.06. The number of carbonyl (C=O) groups excluding carboxylic acids is 1. The zero-order valence-corrected chi connectivity index (χ0v) is 11.6. The lowest BCUT2D eigenvalue weighted by atomic mass is 9.94. The van der Waals surface area contributed by atoms with Gasteiger partial charge in [0.25, 0.3) is 5.91 Å². The van der Waals surface area contributed by atoms with Crippen molar-refractivity contribution >= 4 is 23.2 Å². The van der Waals surface area contributed by atoms with Crippen molar-refractivity contribution in [2.24, 2.45) is 5.92 Å². The average Bonchev–Trinajstić information content (AvgIpc) is 2.34. The van der Waals surface area contributed by atoms with Crippen LogP contribution >= 0.6 is 11.6 Å². The maximum Gasteiger partial charge on any atom is 0.256 e. The molecule has 1 amide bonds. The molecule has 3 nitrogen and oxygen atoms in total. The highest BCUT2D eigenvalue weighted by Crippen LogP contribution is 2.26. The number of amides is 1. The van der Waals surface area contributed by atoms with Gasteiger partial charge >= 0.3 is 0 Å². The summed E-state index contributed by atoms with van der Waals surface area (Å²) in [6.07, 6.45) is 2.23. The summed E-state index contributed by atoms with van der Waals surface area (Å²) in [5, 5.41) is 0.547. The van der Waals surface area contributed by atoms with Crippen LogP contribution in [0.15, 0.2) is 18.2 Å². The molecule has 2 rings (SSSR count). The van der Waals surface area contributed by atoms with Gasteiger partial charge in [-0.25, -0.2) is 0 Å². The quantitative estimate of drug-likeness (QED) is 0.794. The minimum Gasteiger partial charge on any atom is -0.398 e. The summed E-state index contributed by atoms with van der Waals surface area (Å²) >= 11 is 5.94. The number of piperidine rings is 1. The van der Waals surface area contributed by atoms with Crippen LogP contribution in [0.25, 0.3) is 0 Å². The summed E-state index contributed by atoms with van der Waals surface area (Å²) in [5.41, 5.74) is 6.88. The number of carbonyl (C=O) groups is 1. The summed E-state index contributed by atoms with van der Waals surface area (Å²) in [6, 6.07) is 5.32. The fourth-order valence-electron chi connectivity index (χ4n) is 2.44.